The fraction of sp³-hybridized carbons (Fsp3) is 0.296. The van der Waals surface area contributed by atoms with E-state index in [1.807, 2.05) is 53.4 Å². The van der Waals surface area contributed by atoms with E-state index in [-0.39, 0.29) is 17.9 Å². The molecule has 0 N–H and O–H groups in total. The van der Waals surface area contributed by atoms with Crippen LogP contribution in [-0.2, 0) is 11.2 Å². The molecule has 0 radical (unpaired) electrons. The Morgan fingerprint density at radius 1 is 0.812 bits per heavy atom. The van der Waals surface area contributed by atoms with Crippen molar-refractivity contribution in [1.82, 2.24) is 0 Å². The van der Waals surface area contributed by atoms with Crippen LogP contribution in [0.1, 0.15) is 30.0 Å². The van der Waals surface area contributed by atoms with Crippen LogP contribution < -0.4 is 19.1 Å². The number of amides is 1. The highest BCUT2D eigenvalue weighted by Gasteiger charge is 2.48. The molecule has 2 atom stereocenters. The summed E-state index contributed by atoms with van der Waals surface area (Å²) in [5.74, 6) is 2.20. The molecule has 3 aromatic rings. The lowest BCUT2D eigenvalue weighted by molar-refractivity contribution is -0.130. The van der Waals surface area contributed by atoms with Gasteiger partial charge in [0.25, 0.3) is 0 Å². The number of β-lactam (4-membered cyclic amide) rings is 1. The first-order valence-electron chi connectivity index (χ1n) is 10.9. The number of anilines is 1. The first-order valence-corrected chi connectivity index (χ1v) is 10.9. The maximum absolute atomic E-state index is 13.3. The lowest BCUT2D eigenvalue weighted by Gasteiger charge is -2.48. The van der Waals surface area contributed by atoms with Crippen LogP contribution in [0.2, 0.25) is 0 Å². The molecule has 0 bridgehead atoms. The molecule has 0 unspecified atom stereocenters. The second kappa shape index (κ2) is 9.77. The number of nitrogens with zero attached hydrogens (tertiary/aromatic N) is 1. The molecule has 1 aliphatic heterocycles. The van der Waals surface area contributed by atoms with Crippen molar-refractivity contribution in [3.05, 3.63) is 83.9 Å². The number of carbonyl (C=O) groups excluding carboxylic acids is 1. The number of carbonyl (C=O) groups is 1. The average molecular weight is 432 g/mol. The van der Waals surface area contributed by atoms with Gasteiger partial charge in [-0.3, -0.25) is 4.79 Å². The molecule has 0 saturated carbocycles. The highest BCUT2D eigenvalue weighted by atomic mass is 16.5. The monoisotopic (exact) mass is 431 g/mol. The lowest BCUT2D eigenvalue weighted by Crippen LogP contribution is -2.55. The summed E-state index contributed by atoms with van der Waals surface area (Å²) in [5.41, 5.74) is 3.21. The summed E-state index contributed by atoms with van der Waals surface area (Å²) in [6.07, 6.45) is 2.76. The maximum atomic E-state index is 13.3. The smallest absolute Gasteiger partial charge is 0.233 e. The Morgan fingerprint density at radius 3 is 2.19 bits per heavy atom. The third kappa shape index (κ3) is 4.28. The van der Waals surface area contributed by atoms with Gasteiger partial charge in [0.2, 0.25) is 5.91 Å². The van der Waals surface area contributed by atoms with E-state index in [1.165, 1.54) is 5.56 Å². The van der Waals surface area contributed by atoms with Gasteiger partial charge in [-0.25, -0.2) is 0 Å². The minimum Gasteiger partial charge on any atom is -0.497 e. The summed E-state index contributed by atoms with van der Waals surface area (Å²) in [5, 5.41) is 0. The van der Waals surface area contributed by atoms with Crippen molar-refractivity contribution in [3.63, 3.8) is 0 Å². The van der Waals surface area contributed by atoms with E-state index < -0.39 is 0 Å². The quantitative estimate of drug-likeness (QED) is 0.423. The van der Waals surface area contributed by atoms with Crippen LogP contribution in [0, 0.1) is 5.92 Å². The molecule has 0 aliphatic carbocycles. The van der Waals surface area contributed by atoms with Crippen molar-refractivity contribution in [3.8, 4) is 17.2 Å². The molecule has 166 valence electrons. The van der Waals surface area contributed by atoms with E-state index in [2.05, 4.69) is 24.3 Å². The van der Waals surface area contributed by atoms with E-state index >= 15 is 0 Å². The molecule has 0 aromatic heterocycles. The van der Waals surface area contributed by atoms with Gasteiger partial charge in [0.15, 0.2) is 11.5 Å². The van der Waals surface area contributed by atoms with Gasteiger partial charge in [-0.2, -0.15) is 0 Å². The van der Waals surface area contributed by atoms with Gasteiger partial charge in [-0.1, -0.05) is 36.4 Å². The maximum Gasteiger partial charge on any atom is 0.233 e. The molecule has 1 saturated heterocycles. The number of benzene rings is 3. The number of hydrogen-bond donors (Lipinski definition) is 0. The van der Waals surface area contributed by atoms with Crippen molar-refractivity contribution in [2.45, 2.75) is 25.3 Å². The first-order chi connectivity index (χ1) is 15.7. The molecule has 5 nitrogen and oxygen atoms in total. The van der Waals surface area contributed by atoms with Crippen molar-refractivity contribution >= 4 is 11.6 Å². The van der Waals surface area contributed by atoms with Crippen LogP contribution in [0.15, 0.2) is 72.8 Å². The predicted octanol–water partition coefficient (Wildman–Crippen LogP) is 5.44. The van der Waals surface area contributed by atoms with Crippen molar-refractivity contribution in [2.75, 3.05) is 26.2 Å². The summed E-state index contributed by atoms with van der Waals surface area (Å²) >= 11 is 0. The molecule has 1 heterocycles. The fourth-order valence-corrected chi connectivity index (χ4v) is 4.45. The number of aryl methyl sites for hydroxylation is 1. The second-order valence-electron chi connectivity index (χ2n) is 7.95. The zero-order valence-corrected chi connectivity index (χ0v) is 18.8. The molecule has 3 aromatic carbocycles. The summed E-state index contributed by atoms with van der Waals surface area (Å²) in [6, 6.07) is 23.9. The molecule has 1 aliphatic rings. The topological polar surface area (TPSA) is 48.0 Å². The highest BCUT2D eigenvalue weighted by Crippen LogP contribution is 2.47. The summed E-state index contributed by atoms with van der Waals surface area (Å²) in [6.45, 7) is 0. The summed E-state index contributed by atoms with van der Waals surface area (Å²) < 4.78 is 16.2. The van der Waals surface area contributed by atoms with Gasteiger partial charge in [-0.15, -0.1) is 0 Å². The second-order valence-corrected chi connectivity index (χ2v) is 7.95. The molecule has 4 rings (SSSR count). The Balaban J connectivity index is 1.59. The van der Waals surface area contributed by atoms with E-state index in [9.17, 15) is 4.79 Å². The number of rotatable bonds is 9. The van der Waals surface area contributed by atoms with Gasteiger partial charge in [0.1, 0.15) is 5.75 Å². The fourth-order valence-electron chi connectivity index (χ4n) is 4.45. The Morgan fingerprint density at radius 2 is 1.53 bits per heavy atom. The predicted molar refractivity (Wildman–Crippen MR) is 126 cm³/mol. The van der Waals surface area contributed by atoms with Gasteiger partial charge >= 0.3 is 0 Å². The molecular formula is C27H29NO4. The molecule has 1 amide bonds. The molecule has 1 fully saturated rings. The zero-order valence-electron chi connectivity index (χ0n) is 18.8. The minimum atomic E-state index is -0.0704. The van der Waals surface area contributed by atoms with Gasteiger partial charge < -0.3 is 19.1 Å². The number of methoxy groups -OCH3 is 3. The Bertz CT molecular complexity index is 1050. The Kier molecular flexibility index (Phi) is 6.64. The summed E-state index contributed by atoms with van der Waals surface area (Å²) in [4.78, 5) is 15.1. The van der Waals surface area contributed by atoms with Crippen molar-refractivity contribution in [2.24, 2.45) is 5.92 Å². The standard InChI is InChI=1S/C27H29NO4/c1-30-22-15-13-21(14-16-22)28-26(20-12-17-24(31-2)25(18-20)32-3)23(27(28)29)11-7-10-19-8-5-4-6-9-19/h4-6,8-9,12-18,23,26H,7,10-11H2,1-3H3/t23-,26-/m1/s1. The third-order valence-electron chi connectivity index (χ3n) is 6.14. The Hall–Kier alpha value is -3.47. The third-order valence-corrected chi connectivity index (χ3v) is 6.14. The van der Waals surface area contributed by atoms with Crippen LogP contribution in [0.25, 0.3) is 0 Å². The van der Waals surface area contributed by atoms with Crippen molar-refractivity contribution < 1.29 is 19.0 Å². The molecule has 32 heavy (non-hydrogen) atoms. The largest absolute Gasteiger partial charge is 0.497 e. The number of ether oxygens (including phenoxy) is 3. The van der Waals surface area contributed by atoms with E-state index in [0.29, 0.717) is 11.5 Å². The Labute approximate surface area is 189 Å². The highest BCUT2D eigenvalue weighted by molar-refractivity contribution is 6.03. The SMILES string of the molecule is COc1ccc(N2C(=O)[C@H](CCCc3ccccc3)[C@H]2c2ccc(OC)c(OC)c2)cc1. The van der Waals surface area contributed by atoms with Gasteiger partial charge in [0, 0.05) is 5.69 Å². The van der Waals surface area contributed by atoms with Gasteiger partial charge in [-0.05, 0) is 66.8 Å². The van der Waals surface area contributed by atoms with Crippen LogP contribution in [0.3, 0.4) is 0 Å². The van der Waals surface area contributed by atoms with E-state index in [1.54, 1.807) is 21.3 Å². The van der Waals surface area contributed by atoms with Crippen LogP contribution in [0.4, 0.5) is 5.69 Å². The number of hydrogen-bond acceptors (Lipinski definition) is 4. The molecule has 0 spiro atoms. The van der Waals surface area contributed by atoms with Gasteiger partial charge in [0.05, 0.1) is 33.3 Å². The average Bonchev–Trinajstić information content (AvgIpc) is 2.85. The molecule has 5 heteroatoms. The van der Waals surface area contributed by atoms with Crippen LogP contribution in [-0.4, -0.2) is 27.2 Å². The van der Waals surface area contributed by atoms with E-state index in [0.717, 1.165) is 36.3 Å². The van der Waals surface area contributed by atoms with Crippen LogP contribution in [0.5, 0.6) is 17.2 Å². The zero-order chi connectivity index (χ0) is 22.5. The molecular weight excluding hydrogens is 402 g/mol. The minimum absolute atomic E-state index is 0.0496. The normalized spacial score (nSPS) is 17.6. The van der Waals surface area contributed by atoms with Crippen molar-refractivity contribution in [1.29, 1.82) is 0 Å². The lowest BCUT2D eigenvalue weighted by atomic mass is 9.78. The van der Waals surface area contributed by atoms with Crippen LogP contribution >= 0.6 is 0 Å². The summed E-state index contributed by atoms with van der Waals surface area (Å²) in [7, 11) is 4.89. The van der Waals surface area contributed by atoms with E-state index in [4.69, 9.17) is 14.2 Å². The first kappa shape index (κ1) is 21.8.